The van der Waals surface area contributed by atoms with Crippen LogP contribution in [0.2, 0.25) is 0 Å². The van der Waals surface area contributed by atoms with Gasteiger partial charge in [0.15, 0.2) is 0 Å². The summed E-state index contributed by atoms with van der Waals surface area (Å²) in [7, 11) is -4.56. The lowest BCUT2D eigenvalue weighted by atomic mass is 10.3. The Morgan fingerprint density at radius 3 is 2.36 bits per heavy atom. The van der Waals surface area contributed by atoms with E-state index in [9.17, 15) is 9.36 Å². The van der Waals surface area contributed by atoms with Crippen LogP contribution in [0.25, 0.3) is 0 Å². The second-order valence-corrected chi connectivity index (χ2v) is 4.16. The molecule has 1 amide bonds. The molecule has 0 saturated carbocycles. The van der Waals surface area contributed by atoms with Crippen molar-refractivity contribution in [1.29, 1.82) is 0 Å². The topological polar surface area (TPSA) is 95.9 Å². The summed E-state index contributed by atoms with van der Waals surface area (Å²) in [5.41, 5.74) is 0. The first-order valence-electron chi connectivity index (χ1n) is 3.94. The fraction of sp³-hybridized carbons (Fsp3) is 0.571. The predicted octanol–water partition coefficient (Wildman–Crippen LogP) is 0.524. The summed E-state index contributed by atoms with van der Waals surface area (Å²) in [6.07, 6.45) is 0.985. The van der Waals surface area contributed by atoms with Crippen LogP contribution in [0.5, 0.6) is 0 Å². The van der Waals surface area contributed by atoms with Crippen LogP contribution in [0.4, 0.5) is 0 Å². The van der Waals surface area contributed by atoms with Gasteiger partial charge in [-0.05, 0) is 20.8 Å². The molecule has 0 aliphatic rings. The Hall–Kier alpha value is -0.840. The Labute approximate surface area is 82.2 Å². The van der Waals surface area contributed by atoms with Crippen molar-refractivity contribution < 1.29 is 23.7 Å². The molecule has 14 heavy (non-hydrogen) atoms. The van der Waals surface area contributed by atoms with Crippen LogP contribution in [0, 0.1) is 0 Å². The molecule has 0 aromatic heterocycles. The molecule has 0 bridgehead atoms. The Bertz CT molecular complexity index is 280. The van der Waals surface area contributed by atoms with Gasteiger partial charge in [-0.15, -0.1) is 0 Å². The van der Waals surface area contributed by atoms with Gasteiger partial charge < -0.3 is 9.84 Å². The summed E-state index contributed by atoms with van der Waals surface area (Å²) in [6.45, 7) is 4.83. The first-order valence-corrected chi connectivity index (χ1v) is 5.47. The van der Waals surface area contributed by atoms with E-state index in [1.165, 1.54) is 6.92 Å². The first kappa shape index (κ1) is 13.2. The highest BCUT2D eigenvalue weighted by Crippen LogP contribution is 2.38. The van der Waals surface area contributed by atoms with E-state index in [-0.39, 0.29) is 11.8 Å². The van der Waals surface area contributed by atoms with Crippen LogP contribution in [-0.4, -0.2) is 21.7 Å². The van der Waals surface area contributed by atoms with Gasteiger partial charge in [0.2, 0.25) is 5.91 Å². The van der Waals surface area contributed by atoms with E-state index in [1.807, 2.05) is 0 Å². The summed E-state index contributed by atoms with van der Waals surface area (Å²) in [5.74, 6) is -0.581. The molecule has 0 saturated heterocycles. The van der Waals surface area contributed by atoms with Crippen LogP contribution >= 0.6 is 7.82 Å². The van der Waals surface area contributed by atoms with Crippen molar-refractivity contribution in [1.82, 2.24) is 5.32 Å². The number of nitrogens with one attached hydrogen (secondary N) is 1. The summed E-state index contributed by atoms with van der Waals surface area (Å²) < 4.78 is 14.5. The smallest absolute Gasteiger partial charge is 0.409 e. The van der Waals surface area contributed by atoms with E-state index in [0.29, 0.717) is 0 Å². The number of rotatable bonds is 4. The lowest BCUT2D eigenvalue weighted by molar-refractivity contribution is -0.117. The normalized spacial score (nSPS) is 12.9. The second-order valence-electron chi connectivity index (χ2n) is 3.00. The molecular weight excluding hydrogens is 209 g/mol. The Morgan fingerprint density at radius 2 is 2.00 bits per heavy atom. The largest absolute Gasteiger partial charge is 0.524 e. The third kappa shape index (κ3) is 7.79. The zero-order valence-corrected chi connectivity index (χ0v) is 9.12. The molecule has 0 fully saturated rings. The maximum absolute atomic E-state index is 11.0. The summed E-state index contributed by atoms with van der Waals surface area (Å²) in [5, 5.41) is 2.51. The zero-order valence-electron chi connectivity index (χ0n) is 8.22. The molecule has 0 aromatic carbocycles. The van der Waals surface area contributed by atoms with Crippen molar-refractivity contribution >= 4 is 13.7 Å². The van der Waals surface area contributed by atoms with E-state index in [1.54, 1.807) is 13.8 Å². The molecule has 0 aliphatic heterocycles. The van der Waals surface area contributed by atoms with Gasteiger partial charge in [-0.3, -0.25) is 14.6 Å². The van der Waals surface area contributed by atoms with Crippen LogP contribution in [0.1, 0.15) is 20.8 Å². The van der Waals surface area contributed by atoms with Gasteiger partial charge in [0.05, 0.1) is 0 Å². The standard InChI is InChI=1S/C7H14NO5P/c1-5(2)8-7(9)4-6(3)13-14(10,11)12/h4-5H,1-3H3,(H,8,9)(H2,10,11,12). The molecule has 6 nitrogen and oxygen atoms in total. The highest BCUT2D eigenvalue weighted by atomic mass is 31.2. The van der Waals surface area contributed by atoms with Crippen molar-refractivity contribution in [3.05, 3.63) is 11.8 Å². The third-order valence-electron chi connectivity index (χ3n) is 1.03. The van der Waals surface area contributed by atoms with Crippen molar-refractivity contribution in [2.45, 2.75) is 26.8 Å². The number of hydrogen-bond donors (Lipinski definition) is 3. The van der Waals surface area contributed by atoms with E-state index >= 15 is 0 Å². The molecule has 0 heterocycles. The molecule has 0 aliphatic carbocycles. The van der Waals surface area contributed by atoms with Gasteiger partial charge in [0, 0.05) is 12.1 Å². The van der Waals surface area contributed by atoms with Crippen LogP contribution in [0.3, 0.4) is 0 Å². The summed E-state index contributed by atoms with van der Waals surface area (Å²) in [6, 6.07) is -0.0402. The Morgan fingerprint density at radius 1 is 1.50 bits per heavy atom. The van der Waals surface area contributed by atoms with Gasteiger partial charge in [-0.25, -0.2) is 4.57 Å². The Balaban J connectivity index is 4.24. The maximum atomic E-state index is 11.0. The first-order chi connectivity index (χ1) is 6.20. The molecular formula is C7H14NO5P. The molecule has 0 rings (SSSR count). The van der Waals surface area contributed by atoms with Crippen LogP contribution in [-0.2, 0) is 13.9 Å². The molecule has 0 radical (unpaired) electrons. The number of phosphoric ester groups is 1. The maximum Gasteiger partial charge on any atom is 0.524 e. The van der Waals surface area contributed by atoms with E-state index < -0.39 is 13.7 Å². The highest BCUT2D eigenvalue weighted by molar-refractivity contribution is 7.46. The number of hydrogen-bond acceptors (Lipinski definition) is 3. The molecule has 0 atom stereocenters. The van der Waals surface area contributed by atoms with Gasteiger partial charge in [-0.1, -0.05) is 0 Å². The minimum absolute atomic E-state index is 0.0402. The van der Waals surface area contributed by atoms with Crippen molar-refractivity contribution in [2.75, 3.05) is 0 Å². The third-order valence-corrected chi connectivity index (χ3v) is 1.55. The van der Waals surface area contributed by atoms with Gasteiger partial charge in [0.1, 0.15) is 5.76 Å². The predicted molar refractivity (Wildman–Crippen MR) is 50.2 cm³/mol. The lowest BCUT2D eigenvalue weighted by Crippen LogP contribution is -2.28. The summed E-state index contributed by atoms with van der Waals surface area (Å²) in [4.78, 5) is 27.8. The lowest BCUT2D eigenvalue weighted by Gasteiger charge is -2.08. The van der Waals surface area contributed by atoms with Crippen molar-refractivity contribution in [2.24, 2.45) is 0 Å². The van der Waals surface area contributed by atoms with Gasteiger partial charge in [0.25, 0.3) is 0 Å². The van der Waals surface area contributed by atoms with Gasteiger partial charge >= 0.3 is 7.82 Å². The fourth-order valence-electron chi connectivity index (χ4n) is 0.725. The Kier molecular flexibility index (Phi) is 4.83. The molecule has 82 valence electrons. The highest BCUT2D eigenvalue weighted by Gasteiger charge is 2.15. The quantitative estimate of drug-likeness (QED) is 0.367. The van der Waals surface area contributed by atoms with E-state index in [4.69, 9.17) is 9.79 Å². The number of carbonyl (C=O) groups excluding carboxylic acids is 1. The average Bonchev–Trinajstić information content (AvgIpc) is 1.77. The minimum Gasteiger partial charge on any atom is -0.409 e. The number of amides is 1. The number of phosphoric acid groups is 1. The van der Waals surface area contributed by atoms with E-state index in [0.717, 1.165) is 6.08 Å². The van der Waals surface area contributed by atoms with Crippen LogP contribution in [0.15, 0.2) is 11.8 Å². The molecule has 0 aromatic rings. The molecule has 0 spiro atoms. The van der Waals surface area contributed by atoms with Gasteiger partial charge in [-0.2, -0.15) is 0 Å². The molecule has 0 unspecified atom stereocenters. The minimum atomic E-state index is -4.56. The van der Waals surface area contributed by atoms with E-state index in [2.05, 4.69) is 9.84 Å². The molecule has 3 N–H and O–H groups in total. The fourth-order valence-corrected chi connectivity index (χ4v) is 1.15. The SMILES string of the molecule is CC(=CC(=O)NC(C)C)OP(=O)(O)O. The molecule has 7 heteroatoms. The summed E-state index contributed by atoms with van der Waals surface area (Å²) >= 11 is 0. The van der Waals surface area contributed by atoms with Crippen LogP contribution < -0.4 is 5.32 Å². The van der Waals surface area contributed by atoms with Crippen molar-refractivity contribution in [3.63, 3.8) is 0 Å². The average molecular weight is 223 g/mol. The zero-order chi connectivity index (χ0) is 11.4. The number of allylic oxidation sites excluding steroid dienone is 1. The second kappa shape index (κ2) is 5.14. The van der Waals surface area contributed by atoms with Crippen molar-refractivity contribution in [3.8, 4) is 0 Å². The monoisotopic (exact) mass is 223 g/mol. The number of carbonyl (C=O) groups is 1.